The largest absolute Gasteiger partial charge is 0.346 e. The molecule has 0 spiro atoms. The number of pyridine rings is 1. The number of hydrogen-bond acceptors (Lipinski definition) is 5. The average molecular weight is 359 g/mol. The van der Waals surface area contributed by atoms with E-state index in [0.29, 0.717) is 23.8 Å². The van der Waals surface area contributed by atoms with Gasteiger partial charge >= 0.3 is 0 Å². The molecule has 0 unspecified atom stereocenters. The van der Waals surface area contributed by atoms with Gasteiger partial charge in [0, 0.05) is 30.7 Å². The second-order valence-electron chi connectivity index (χ2n) is 5.88. The lowest BCUT2D eigenvalue weighted by molar-refractivity contribution is 0.0945. The van der Waals surface area contributed by atoms with Gasteiger partial charge in [0.15, 0.2) is 11.5 Å². The monoisotopic (exact) mass is 359 g/mol. The second-order valence-corrected chi connectivity index (χ2v) is 5.88. The molecular weight excluding hydrogens is 342 g/mol. The summed E-state index contributed by atoms with van der Waals surface area (Å²) in [6, 6.07) is 15.0. The number of nitrogens with one attached hydrogen (secondary N) is 1. The highest BCUT2D eigenvalue weighted by Crippen LogP contribution is 2.11. The minimum Gasteiger partial charge on any atom is -0.346 e. The van der Waals surface area contributed by atoms with Gasteiger partial charge in [0.2, 0.25) is 0 Å². The van der Waals surface area contributed by atoms with Gasteiger partial charge in [0.1, 0.15) is 0 Å². The third kappa shape index (κ3) is 3.45. The molecule has 134 valence electrons. The van der Waals surface area contributed by atoms with Gasteiger partial charge in [-0.1, -0.05) is 24.3 Å². The predicted octanol–water partition coefficient (Wildman–Crippen LogP) is 2.09. The Morgan fingerprint density at radius 2 is 1.89 bits per heavy atom. The van der Waals surface area contributed by atoms with E-state index in [1.165, 1.54) is 4.80 Å². The Hall–Kier alpha value is -3.81. The maximum Gasteiger partial charge on any atom is 0.274 e. The third-order valence-electron chi connectivity index (χ3n) is 4.01. The van der Waals surface area contributed by atoms with Crippen LogP contribution in [0.1, 0.15) is 21.7 Å². The Kier molecular flexibility index (Phi) is 4.44. The number of carbonyl (C=O) groups excluding carboxylic acids is 1. The molecule has 0 bridgehead atoms. The van der Waals surface area contributed by atoms with Gasteiger partial charge in [-0.2, -0.15) is 15.0 Å². The lowest BCUT2D eigenvalue weighted by atomic mass is 10.2. The van der Waals surface area contributed by atoms with Crippen molar-refractivity contribution in [1.82, 2.24) is 35.1 Å². The van der Waals surface area contributed by atoms with Crippen molar-refractivity contribution < 1.29 is 4.79 Å². The first-order valence-corrected chi connectivity index (χ1v) is 8.44. The summed E-state index contributed by atoms with van der Waals surface area (Å²) in [5, 5.41) is 15.7. The van der Waals surface area contributed by atoms with E-state index in [-0.39, 0.29) is 5.91 Å². The van der Waals surface area contributed by atoms with Crippen molar-refractivity contribution in [2.24, 2.45) is 0 Å². The Labute approximate surface area is 155 Å². The molecule has 8 heteroatoms. The smallest absolute Gasteiger partial charge is 0.274 e. The Morgan fingerprint density at radius 1 is 1.04 bits per heavy atom. The van der Waals surface area contributed by atoms with Gasteiger partial charge in [-0.05, 0) is 31.2 Å². The molecule has 0 aliphatic heterocycles. The topological polar surface area (TPSA) is 90.5 Å². The normalized spacial score (nSPS) is 10.7. The van der Waals surface area contributed by atoms with Crippen LogP contribution < -0.4 is 5.32 Å². The summed E-state index contributed by atoms with van der Waals surface area (Å²) >= 11 is 0. The van der Waals surface area contributed by atoms with Crippen LogP contribution in [-0.4, -0.2) is 35.7 Å². The fourth-order valence-electron chi connectivity index (χ4n) is 2.69. The van der Waals surface area contributed by atoms with Gasteiger partial charge in [-0.3, -0.25) is 4.79 Å². The van der Waals surface area contributed by atoms with Crippen molar-refractivity contribution >= 4 is 5.91 Å². The Bertz CT molecular complexity index is 1050. The molecule has 27 heavy (non-hydrogen) atoms. The molecule has 1 amide bonds. The van der Waals surface area contributed by atoms with Crippen molar-refractivity contribution in [3.05, 3.63) is 84.1 Å². The highest BCUT2D eigenvalue weighted by atomic mass is 16.2. The molecule has 4 aromatic rings. The molecule has 0 aliphatic carbocycles. The molecule has 0 saturated heterocycles. The Balaban J connectivity index is 1.52. The number of rotatable bonds is 5. The molecule has 0 atom stereocenters. The van der Waals surface area contributed by atoms with Gasteiger partial charge in [0.05, 0.1) is 11.4 Å². The first-order valence-electron chi connectivity index (χ1n) is 8.44. The summed E-state index contributed by atoms with van der Waals surface area (Å²) < 4.78 is 1.67. The van der Waals surface area contributed by atoms with E-state index in [1.807, 2.05) is 54.7 Å². The van der Waals surface area contributed by atoms with Gasteiger partial charge < -0.3 is 5.32 Å². The van der Waals surface area contributed by atoms with Crippen LogP contribution in [0.5, 0.6) is 0 Å². The number of para-hydroxylation sites is 1. The maximum absolute atomic E-state index is 12.6. The molecule has 0 aliphatic rings. The molecule has 0 fully saturated rings. The zero-order chi connectivity index (χ0) is 18.6. The number of benzene rings is 1. The van der Waals surface area contributed by atoms with Crippen LogP contribution >= 0.6 is 0 Å². The molecule has 3 aromatic heterocycles. The number of carbonyl (C=O) groups is 1. The number of nitrogens with zero attached hydrogens (tertiary/aromatic N) is 6. The number of aromatic nitrogens is 6. The lowest BCUT2D eigenvalue weighted by Gasteiger charge is -2.09. The summed E-state index contributed by atoms with van der Waals surface area (Å²) in [5.41, 5.74) is 2.51. The van der Waals surface area contributed by atoms with Gasteiger partial charge in [-0.15, -0.1) is 5.10 Å². The summed E-state index contributed by atoms with van der Waals surface area (Å²) in [7, 11) is 0. The van der Waals surface area contributed by atoms with Crippen LogP contribution in [0.3, 0.4) is 0 Å². The van der Waals surface area contributed by atoms with E-state index in [9.17, 15) is 4.79 Å². The summed E-state index contributed by atoms with van der Waals surface area (Å²) in [6.45, 7) is 2.07. The van der Waals surface area contributed by atoms with Crippen LogP contribution in [-0.2, 0) is 6.54 Å². The van der Waals surface area contributed by atoms with E-state index >= 15 is 0 Å². The maximum atomic E-state index is 12.6. The predicted molar refractivity (Wildman–Crippen MR) is 98.6 cm³/mol. The Morgan fingerprint density at radius 3 is 2.67 bits per heavy atom. The molecule has 0 radical (unpaired) electrons. The average Bonchev–Trinajstić information content (AvgIpc) is 3.37. The van der Waals surface area contributed by atoms with E-state index in [4.69, 9.17) is 0 Å². The zero-order valence-corrected chi connectivity index (χ0v) is 14.6. The van der Waals surface area contributed by atoms with Crippen LogP contribution in [0, 0.1) is 6.92 Å². The van der Waals surface area contributed by atoms with Gasteiger partial charge in [0.25, 0.3) is 5.91 Å². The van der Waals surface area contributed by atoms with E-state index in [1.54, 1.807) is 24.0 Å². The van der Waals surface area contributed by atoms with Crippen molar-refractivity contribution in [1.29, 1.82) is 0 Å². The summed E-state index contributed by atoms with van der Waals surface area (Å²) in [6.07, 6.45) is 5.18. The lowest BCUT2D eigenvalue weighted by Crippen LogP contribution is -2.25. The summed E-state index contributed by atoms with van der Waals surface area (Å²) in [4.78, 5) is 18.4. The van der Waals surface area contributed by atoms with Crippen molar-refractivity contribution in [2.45, 2.75) is 13.5 Å². The SMILES string of the molecule is Cc1nn(-c2ccccc2)nc1C(=O)NCc1cccnc1-n1cccn1. The fraction of sp³-hybridized carbons (Fsp3) is 0.105. The van der Waals surface area contributed by atoms with E-state index in [2.05, 4.69) is 25.6 Å². The second kappa shape index (κ2) is 7.20. The molecule has 1 N–H and O–H groups in total. The molecular formula is C19H17N7O. The molecule has 0 saturated carbocycles. The first kappa shape index (κ1) is 16.6. The third-order valence-corrected chi connectivity index (χ3v) is 4.01. The van der Waals surface area contributed by atoms with Crippen molar-refractivity contribution in [3.63, 3.8) is 0 Å². The van der Waals surface area contributed by atoms with Crippen molar-refractivity contribution in [2.75, 3.05) is 0 Å². The van der Waals surface area contributed by atoms with Crippen molar-refractivity contribution in [3.8, 4) is 11.5 Å². The molecule has 1 aromatic carbocycles. The van der Waals surface area contributed by atoms with Crippen LogP contribution in [0.4, 0.5) is 0 Å². The minimum absolute atomic E-state index is 0.287. The number of hydrogen-bond donors (Lipinski definition) is 1. The van der Waals surface area contributed by atoms with E-state index in [0.717, 1.165) is 11.3 Å². The fourth-order valence-corrected chi connectivity index (χ4v) is 2.69. The first-order chi connectivity index (χ1) is 13.2. The molecule has 3 heterocycles. The highest BCUT2D eigenvalue weighted by molar-refractivity contribution is 5.93. The quantitative estimate of drug-likeness (QED) is 0.589. The number of aryl methyl sites for hydroxylation is 1. The number of amides is 1. The van der Waals surface area contributed by atoms with Crippen LogP contribution in [0.2, 0.25) is 0 Å². The summed E-state index contributed by atoms with van der Waals surface area (Å²) in [5.74, 6) is 0.386. The minimum atomic E-state index is -0.287. The van der Waals surface area contributed by atoms with Crippen LogP contribution in [0.25, 0.3) is 11.5 Å². The van der Waals surface area contributed by atoms with Gasteiger partial charge in [-0.25, -0.2) is 9.67 Å². The molecule has 4 rings (SSSR count). The van der Waals surface area contributed by atoms with E-state index < -0.39 is 0 Å². The standard InChI is InChI=1S/C19H17N7O/c1-14-17(24-26(23-14)16-8-3-2-4-9-16)19(27)21-13-15-7-5-10-20-18(15)25-12-6-11-22-25/h2-12H,13H2,1H3,(H,21,27). The zero-order valence-electron chi connectivity index (χ0n) is 14.6. The highest BCUT2D eigenvalue weighted by Gasteiger charge is 2.17. The van der Waals surface area contributed by atoms with Crippen LogP contribution in [0.15, 0.2) is 67.1 Å². The molecule has 8 nitrogen and oxygen atoms in total.